The summed E-state index contributed by atoms with van der Waals surface area (Å²) < 4.78 is 5.64. The van der Waals surface area contributed by atoms with Gasteiger partial charge in [-0.2, -0.15) is 0 Å². The Hall–Kier alpha value is -0.470. The van der Waals surface area contributed by atoms with E-state index in [0.29, 0.717) is 18.1 Å². The van der Waals surface area contributed by atoms with E-state index < -0.39 is 0 Å². The molecule has 88 valence electrons. The first-order valence-corrected chi connectivity index (χ1v) is 7.25. The Morgan fingerprint density at radius 2 is 2.00 bits per heavy atom. The van der Waals surface area contributed by atoms with Crippen molar-refractivity contribution in [2.45, 2.75) is 43.8 Å². The molecule has 3 atom stereocenters. The molecule has 1 nitrogen and oxygen atoms in total. The molecule has 0 aromatic heterocycles. The number of hydrogen-bond donors (Lipinski definition) is 0. The zero-order valence-corrected chi connectivity index (χ0v) is 11.1. The van der Waals surface area contributed by atoms with Crippen LogP contribution < -0.4 is 0 Å². The Morgan fingerprint density at radius 3 is 2.50 bits per heavy atom. The Morgan fingerprint density at radius 1 is 1.31 bits per heavy atom. The Balaban J connectivity index is 1.88. The Labute approximate surface area is 103 Å². The van der Waals surface area contributed by atoms with Crippen LogP contribution >= 0.6 is 11.8 Å². The molecule has 0 amide bonds. The van der Waals surface area contributed by atoms with Gasteiger partial charge in [-0.3, -0.25) is 0 Å². The minimum Gasteiger partial charge on any atom is -0.369 e. The lowest BCUT2D eigenvalue weighted by molar-refractivity contribution is 0.322. The van der Waals surface area contributed by atoms with E-state index in [1.807, 2.05) is 0 Å². The first-order chi connectivity index (χ1) is 7.74. The first kappa shape index (κ1) is 12.0. The molecule has 0 saturated carbocycles. The topological polar surface area (TPSA) is 12.5 Å². The monoisotopic (exact) mass is 236 g/mol. The van der Waals surface area contributed by atoms with Gasteiger partial charge in [-0.25, -0.2) is 0 Å². The van der Waals surface area contributed by atoms with E-state index in [9.17, 15) is 0 Å². The number of hydrogen-bond acceptors (Lipinski definition) is 2. The lowest BCUT2D eigenvalue weighted by atomic mass is 9.96. The molecular formula is C14H20OS. The van der Waals surface area contributed by atoms with E-state index in [1.165, 1.54) is 10.5 Å². The Bertz CT molecular complexity index is 333. The van der Waals surface area contributed by atoms with E-state index in [2.05, 4.69) is 44.4 Å². The third-order valence-corrected chi connectivity index (χ3v) is 4.05. The van der Waals surface area contributed by atoms with Crippen molar-refractivity contribution in [2.24, 2.45) is 5.92 Å². The largest absolute Gasteiger partial charge is 0.369 e. The maximum Gasteiger partial charge on any atom is 0.0870 e. The zero-order valence-electron chi connectivity index (χ0n) is 10.3. The molecule has 0 bridgehead atoms. The van der Waals surface area contributed by atoms with Gasteiger partial charge in [0.25, 0.3) is 0 Å². The fraction of sp³-hybridized carbons (Fsp3) is 0.571. The maximum atomic E-state index is 5.64. The van der Waals surface area contributed by atoms with Crippen molar-refractivity contribution in [3.05, 3.63) is 29.8 Å². The summed E-state index contributed by atoms with van der Waals surface area (Å²) in [6, 6.07) is 8.90. The van der Waals surface area contributed by atoms with Gasteiger partial charge in [0.1, 0.15) is 0 Å². The molecule has 2 rings (SSSR count). The molecule has 1 aromatic carbocycles. The lowest BCUT2D eigenvalue weighted by Crippen LogP contribution is -2.09. The van der Waals surface area contributed by atoms with Crippen LogP contribution in [0, 0.1) is 5.92 Å². The molecule has 3 unspecified atom stereocenters. The van der Waals surface area contributed by atoms with Gasteiger partial charge < -0.3 is 4.74 Å². The third-order valence-electron chi connectivity index (χ3n) is 3.30. The van der Waals surface area contributed by atoms with Gasteiger partial charge >= 0.3 is 0 Å². The predicted octanol–water partition coefficient (Wildman–Crippen LogP) is 3.76. The van der Waals surface area contributed by atoms with Crippen molar-refractivity contribution >= 4 is 11.8 Å². The SMILES string of the molecule is CCC1OC1C(C)Cc1ccc(SC)cc1. The van der Waals surface area contributed by atoms with Crippen LogP contribution in [0.25, 0.3) is 0 Å². The highest BCUT2D eigenvalue weighted by Gasteiger charge is 2.40. The highest BCUT2D eigenvalue weighted by molar-refractivity contribution is 7.98. The quantitative estimate of drug-likeness (QED) is 0.570. The standard InChI is InChI=1S/C14H20OS/c1-4-13-14(15-13)10(2)9-11-5-7-12(16-3)8-6-11/h5-8,10,13-14H,4,9H2,1-3H3. The van der Waals surface area contributed by atoms with Gasteiger partial charge in [0.05, 0.1) is 12.2 Å². The molecule has 1 aliphatic heterocycles. The molecule has 1 aromatic rings. The Kier molecular flexibility index (Phi) is 3.93. The number of thioether (sulfide) groups is 1. The van der Waals surface area contributed by atoms with Crippen LogP contribution in [0.2, 0.25) is 0 Å². The van der Waals surface area contributed by atoms with Crippen molar-refractivity contribution in [1.29, 1.82) is 0 Å². The van der Waals surface area contributed by atoms with Crippen molar-refractivity contribution in [3.63, 3.8) is 0 Å². The van der Waals surface area contributed by atoms with Gasteiger partial charge in [-0.1, -0.05) is 26.0 Å². The molecule has 0 spiro atoms. The zero-order chi connectivity index (χ0) is 11.5. The summed E-state index contributed by atoms with van der Waals surface area (Å²) >= 11 is 1.79. The summed E-state index contributed by atoms with van der Waals surface area (Å²) in [6.07, 6.45) is 5.43. The summed E-state index contributed by atoms with van der Waals surface area (Å²) in [7, 11) is 0. The number of ether oxygens (including phenoxy) is 1. The molecule has 0 N–H and O–H groups in total. The highest BCUT2D eigenvalue weighted by Crippen LogP contribution is 2.33. The average Bonchev–Trinajstić information content (AvgIpc) is 3.09. The molecule has 1 aliphatic rings. The number of epoxide rings is 1. The van der Waals surface area contributed by atoms with Gasteiger partial charge in [0.2, 0.25) is 0 Å². The van der Waals surface area contributed by atoms with Gasteiger partial charge in [-0.15, -0.1) is 11.8 Å². The van der Waals surface area contributed by atoms with Crippen molar-refractivity contribution in [1.82, 2.24) is 0 Å². The van der Waals surface area contributed by atoms with E-state index in [4.69, 9.17) is 4.74 Å². The summed E-state index contributed by atoms with van der Waals surface area (Å²) in [4.78, 5) is 1.34. The maximum absolute atomic E-state index is 5.64. The average molecular weight is 236 g/mol. The fourth-order valence-corrected chi connectivity index (χ4v) is 2.64. The van der Waals surface area contributed by atoms with Gasteiger partial charge in [0.15, 0.2) is 0 Å². The first-order valence-electron chi connectivity index (χ1n) is 6.03. The van der Waals surface area contributed by atoms with E-state index >= 15 is 0 Å². The summed E-state index contributed by atoms with van der Waals surface area (Å²) in [5, 5.41) is 0. The molecule has 1 heterocycles. The van der Waals surface area contributed by atoms with Crippen LogP contribution in [-0.2, 0) is 11.2 Å². The molecule has 0 radical (unpaired) electrons. The van der Waals surface area contributed by atoms with Gasteiger partial charge in [-0.05, 0) is 42.7 Å². The highest BCUT2D eigenvalue weighted by atomic mass is 32.2. The smallest absolute Gasteiger partial charge is 0.0870 e. The molecular weight excluding hydrogens is 216 g/mol. The van der Waals surface area contributed by atoms with Crippen LogP contribution in [0.1, 0.15) is 25.8 Å². The molecule has 16 heavy (non-hydrogen) atoms. The molecule has 1 saturated heterocycles. The lowest BCUT2D eigenvalue weighted by Gasteiger charge is -2.08. The third kappa shape index (κ3) is 2.80. The van der Waals surface area contributed by atoms with Gasteiger partial charge in [0, 0.05) is 4.90 Å². The molecule has 1 fully saturated rings. The van der Waals surface area contributed by atoms with E-state index in [1.54, 1.807) is 11.8 Å². The second kappa shape index (κ2) is 5.24. The van der Waals surface area contributed by atoms with Crippen LogP contribution in [0.15, 0.2) is 29.2 Å². The summed E-state index contributed by atoms with van der Waals surface area (Å²) in [5.74, 6) is 0.644. The second-order valence-corrected chi connectivity index (χ2v) is 5.46. The summed E-state index contributed by atoms with van der Waals surface area (Å²) in [6.45, 7) is 4.49. The number of rotatable bonds is 5. The molecule has 2 heteroatoms. The number of benzene rings is 1. The predicted molar refractivity (Wildman–Crippen MR) is 70.0 cm³/mol. The second-order valence-electron chi connectivity index (χ2n) is 4.58. The van der Waals surface area contributed by atoms with Crippen LogP contribution in [0.3, 0.4) is 0 Å². The normalized spacial score (nSPS) is 25.4. The van der Waals surface area contributed by atoms with Crippen LogP contribution in [0.5, 0.6) is 0 Å². The van der Waals surface area contributed by atoms with Crippen LogP contribution in [0.4, 0.5) is 0 Å². The van der Waals surface area contributed by atoms with E-state index in [-0.39, 0.29) is 0 Å². The van der Waals surface area contributed by atoms with Crippen molar-refractivity contribution in [3.8, 4) is 0 Å². The molecule has 0 aliphatic carbocycles. The minimum atomic E-state index is 0.505. The van der Waals surface area contributed by atoms with Crippen molar-refractivity contribution < 1.29 is 4.74 Å². The summed E-state index contributed by atoms with van der Waals surface area (Å²) in [5.41, 5.74) is 1.43. The fourth-order valence-electron chi connectivity index (χ4n) is 2.24. The van der Waals surface area contributed by atoms with Crippen molar-refractivity contribution in [2.75, 3.05) is 6.26 Å². The van der Waals surface area contributed by atoms with E-state index in [0.717, 1.165) is 12.8 Å². The van der Waals surface area contributed by atoms with Crippen LogP contribution in [-0.4, -0.2) is 18.5 Å². The minimum absolute atomic E-state index is 0.505.